The van der Waals surface area contributed by atoms with Gasteiger partial charge in [-0.15, -0.1) is 6.58 Å². The van der Waals surface area contributed by atoms with Crippen molar-refractivity contribution in [1.29, 1.82) is 0 Å². The molecule has 26 heavy (non-hydrogen) atoms. The Labute approximate surface area is 156 Å². The zero-order valence-corrected chi connectivity index (χ0v) is 15.6. The lowest BCUT2D eigenvalue weighted by Gasteiger charge is -2.31. The Bertz CT molecular complexity index is 587. The normalized spacial score (nSPS) is 23.7. The lowest BCUT2D eigenvalue weighted by molar-refractivity contribution is -0.150. The first-order valence-electron chi connectivity index (χ1n) is 9.32. The lowest BCUT2D eigenvalue weighted by Crippen LogP contribution is -2.37. The van der Waals surface area contributed by atoms with Crippen molar-refractivity contribution in [1.82, 2.24) is 4.90 Å². The molecule has 1 aliphatic heterocycles. The van der Waals surface area contributed by atoms with E-state index in [1.807, 2.05) is 31.2 Å². The summed E-state index contributed by atoms with van der Waals surface area (Å²) in [6.45, 7) is 7.27. The minimum atomic E-state index is -0.248. The van der Waals surface area contributed by atoms with Gasteiger partial charge < -0.3 is 9.47 Å². The van der Waals surface area contributed by atoms with Gasteiger partial charge in [0.2, 0.25) is 0 Å². The van der Waals surface area contributed by atoms with Gasteiger partial charge in [-0.1, -0.05) is 36.4 Å². The van der Waals surface area contributed by atoms with Crippen LogP contribution in [0, 0.1) is 0 Å². The summed E-state index contributed by atoms with van der Waals surface area (Å²) in [7, 11) is 0. The van der Waals surface area contributed by atoms with E-state index in [0.29, 0.717) is 32.2 Å². The number of hydrogen-bond acceptors (Lipinski definition) is 5. The van der Waals surface area contributed by atoms with E-state index in [0.717, 1.165) is 13.0 Å². The molecule has 1 aromatic carbocycles. The summed E-state index contributed by atoms with van der Waals surface area (Å²) in [5.74, 6) is -0.407. The molecule has 0 saturated carbocycles. The van der Waals surface area contributed by atoms with Crippen LogP contribution in [0.4, 0.5) is 0 Å². The largest absolute Gasteiger partial charge is 0.466 e. The van der Waals surface area contributed by atoms with Crippen molar-refractivity contribution in [2.75, 3.05) is 13.2 Å². The third-order valence-corrected chi connectivity index (χ3v) is 4.59. The highest BCUT2D eigenvalue weighted by Gasteiger charge is 2.22. The van der Waals surface area contributed by atoms with Crippen LogP contribution in [0.1, 0.15) is 44.6 Å². The van der Waals surface area contributed by atoms with Gasteiger partial charge in [0.05, 0.1) is 13.0 Å². The highest BCUT2D eigenvalue weighted by Crippen LogP contribution is 2.18. The van der Waals surface area contributed by atoms with Gasteiger partial charge in [0, 0.05) is 32.0 Å². The molecule has 1 heterocycles. The molecule has 1 aromatic rings. The number of benzene rings is 1. The zero-order valence-electron chi connectivity index (χ0n) is 15.6. The number of hydrogen-bond donors (Lipinski definition) is 0. The molecule has 5 heteroatoms. The average molecular weight is 359 g/mol. The molecular formula is C21H29NO4. The molecule has 1 fully saturated rings. The van der Waals surface area contributed by atoms with E-state index in [4.69, 9.17) is 9.47 Å². The number of carbonyl (C=O) groups excluding carboxylic acids is 2. The molecule has 0 aromatic heterocycles. The third-order valence-electron chi connectivity index (χ3n) is 4.59. The summed E-state index contributed by atoms with van der Waals surface area (Å²) in [4.78, 5) is 26.4. The fourth-order valence-electron chi connectivity index (χ4n) is 3.12. The van der Waals surface area contributed by atoms with Gasteiger partial charge in [0.15, 0.2) is 0 Å². The van der Waals surface area contributed by atoms with Crippen LogP contribution < -0.4 is 0 Å². The van der Waals surface area contributed by atoms with Crippen molar-refractivity contribution in [2.45, 2.75) is 57.7 Å². The first kappa shape index (κ1) is 20.2. The van der Waals surface area contributed by atoms with Crippen molar-refractivity contribution in [3.63, 3.8) is 0 Å². The highest BCUT2D eigenvalue weighted by atomic mass is 16.6. The summed E-state index contributed by atoms with van der Waals surface area (Å²) in [6, 6.07) is 10.3. The topological polar surface area (TPSA) is 55.8 Å². The molecular weight excluding hydrogens is 330 g/mol. The highest BCUT2D eigenvalue weighted by molar-refractivity contribution is 5.70. The van der Waals surface area contributed by atoms with Crippen LogP contribution in [0.25, 0.3) is 0 Å². The molecule has 1 aliphatic rings. The fourth-order valence-corrected chi connectivity index (χ4v) is 3.12. The fraction of sp³-hybridized carbons (Fsp3) is 0.524. The Morgan fingerprint density at radius 1 is 1.15 bits per heavy atom. The van der Waals surface area contributed by atoms with Gasteiger partial charge in [-0.05, 0) is 25.3 Å². The van der Waals surface area contributed by atoms with E-state index in [1.54, 1.807) is 0 Å². The molecule has 0 spiro atoms. The molecule has 5 nitrogen and oxygen atoms in total. The van der Waals surface area contributed by atoms with Gasteiger partial charge in [-0.25, -0.2) is 0 Å². The van der Waals surface area contributed by atoms with Crippen LogP contribution in [0.5, 0.6) is 0 Å². The molecule has 0 amide bonds. The van der Waals surface area contributed by atoms with E-state index in [9.17, 15) is 9.59 Å². The van der Waals surface area contributed by atoms with Crippen LogP contribution in [-0.4, -0.2) is 42.1 Å². The van der Waals surface area contributed by atoms with Crippen molar-refractivity contribution in [3.8, 4) is 0 Å². The summed E-state index contributed by atoms with van der Waals surface area (Å²) in [6.07, 6.45) is 4.29. The van der Waals surface area contributed by atoms with E-state index in [-0.39, 0.29) is 30.7 Å². The van der Waals surface area contributed by atoms with Crippen molar-refractivity contribution < 1.29 is 19.1 Å². The molecule has 0 bridgehead atoms. The molecule has 2 unspecified atom stereocenters. The number of nitrogens with zero attached hydrogens (tertiary/aromatic N) is 1. The smallest absolute Gasteiger partial charge is 0.307 e. The van der Waals surface area contributed by atoms with E-state index < -0.39 is 0 Å². The molecule has 0 aliphatic carbocycles. The number of carbonyl (C=O) groups is 2. The zero-order chi connectivity index (χ0) is 18.8. The average Bonchev–Trinajstić information content (AvgIpc) is 2.63. The first-order valence-corrected chi connectivity index (χ1v) is 9.32. The predicted molar refractivity (Wildman–Crippen MR) is 100 cm³/mol. The third kappa shape index (κ3) is 7.00. The SMILES string of the molecule is C=CCC1CCC(=O)OCCC(C)OC(=O)CCN1Cc1ccccc1. The maximum absolute atomic E-state index is 12.1. The number of rotatable bonds is 4. The predicted octanol–water partition coefficient (Wildman–Crippen LogP) is 3.48. The second kappa shape index (κ2) is 10.8. The minimum absolute atomic E-state index is 0.131. The van der Waals surface area contributed by atoms with Crippen molar-refractivity contribution in [3.05, 3.63) is 48.6 Å². The molecule has 142 valence electrons. The maximum atomic E-state index is 12.1. The molecule has 0 N–H and O–H groups in total. The van der Waals surface area contributed by atoms with Crippen molar-refractivity contribution >= 4 is 11.9 Å². The summed E-state index contributed by atoms with van der Waals surface area (Å²) < 4.78 is 10.7. The van der Waals surface area contributed by atoms with E-state index >= 15 is 0 Å². The van der Waals surface area contributed by atoms with Gasteiger partial charge >= 0.3 is 11.9 Å². The molecule has 1 saturated heterocycles. The number of esters is 2. The number of ether oxygens (including phenoxy) is 2. The molecule has 0 radical (unpaired) electrons. The Morgan fingerprint density at radius 3 is 2.65 bits per heavy atom. The van der Waals surface area contributed by atoms with Crippen molar-refractivity contribution in [2.24, 2.45) is 0 Å². The summed E-state index contributed by atoms with van der Waals surface area (Å²) >= 11 is 0. The van der Waals surface area contributed by atoms with Crippen LogP contribution in [0.2, 0.25) is 0 Å². The van der Waals surface area contributed by atoms with Gasteiger partial charge in [0.1, 0.15) is 6.10 Å². The minimum Gasteiger partial charge on any atom is -0.466 e. The van der Waals surface area contributed by atoms with Gasteiger partial charge in [-0.2, -0.15) is 0 Å². The van der Waals surface area contributed by atoms with Gasteiger partial charge in [0.25, 0.3) is 0 Å². The van der Waals surface area contributed by atoms with Crippen LogP contribution in [0.15, 0.2) is 43.0 Å². The monoisotopic (exact) mass is 359 g/mol. The Balaban J connectivity index is 2.14. The van der Waals surface area contributed by atoms with Gasteiger partial charge in [-0.3, -0.25) is 14.5 Å². The lowest BCUT2D eigenvalue weighted by atomic mass is 10.0. The Kier molecular flexibility index (Phi) is 8.35. The van der Waals surface area contributed by atoms with Crippen LogP contribution in [0.3, 0.4) is 0 Å². The molecule has 2 rings (SSSR count). The Morgan fingerprint density at radius 2 is 1.92 bits per heavy atom. The summed E-state index contributed by atoms with van der Waals surface area (Å²) in [5.41, 5.74) is 1.18. The number of cyclic esters (lactones) is 2. The molecule has 2 atom stereocenters. The Hall–Kier alpha value is -2.14. The maximum Gasteiger partial charge on any atom is 0.307 e. The quantitative estimate of drug-likeness (QED) is 0.608. The standard InChI is InChI=1S/C21H29NO4/c1-3-7-19-10-11-20(23)25-15-13-17(2)26-21(24)12-14-22(19)16-18-8-5-4-6-9-18/h3-6,8-9,17,19H,1,7,10-16H2,2H3. The second-order valence-electron chi connectivity index (χ2n) is 6.73. The second-order valence-corrected chi connectivity index (χ2v) is 6.73. The van der Waals surface area contributed by atoms with Crippen LogP contribution >= 0.6 is 0 Å². The first-order chi connectivity index (χ1) is 12.6. The van der Waals surface area contributed by atoms with E-state index in [1.165, 1.54) is 5.56 Å². The summed E-state index contributed by atoms with van der Waals surface area (Å²) in [5, 5.41) is 0. The van der Waals surface area contributed by atoms with Crippen LogP contribution in [-0.2, 0) is 25.6 Å². The van der Waals surface area contributed by atoms with E-state index in [2.05, 4.69) is 23.6 Å².